The lowest BCUT2D eigenvalue weighted by Crippen LogP contribution is -2.50. The van der Waals surface area contributed by atoms with E-state index in [0.29, 0.717) is 30.6 Å². The van der Waals surface area contributed by atoms with Gasteiger partial charge in [0.1, 0.15) is 25.4 Å². The summed E-state index contributed by atoms with van der Waals surface area (Å²) in [4.78, 5) is 209. The molecule has 4 N–H and O–H groups in total. The van der Waals surface area contributed by atoms with Gasteiger partial charge in [-0.2, -0.15) is 5.26 Å². The summed E-state index contributed by atoms with van der Waals surface area (Å²) in [5.41, 5.74) is -0.584. The second kappa shape index (κ2) is 52.0. The maximum absolute atomic E-state index is 12.2. The third kappa shape index (κ3) is 34.5. The lowest BCUT2D eigenvalue weighted by Gasteiger charge is -2.53. The van der Waals surface area contributed by atoms with Crippen molar-refractivity contribution in [3.63, 3.8) is 0 Å². The molecule has 0 radical (unpaired) electrons. The number of rotatable bonds is 32. The van der Waals surface area contributed by atoms with E-state index in [2.05, 4.69) is 28.5 Å². The third-order valence-corrected chi connectivity index (χ3v) is 25.2. The summed E-state index contributed by atoms with van der Waals surface area (Å²) in [6, 6.07) is 1.86. The number of esters is 14. The second-order valence-corrected chi connectivity index (χ2v) is 36.3. The molecule has 10 aliphatic rings. The van der Waals surface area contributed by atoms with Crippen LogP contribution >= 0.6 is 0 Å². The van der Waals surface area contributed by atoms with Gasteiger partial charge in [0.2, 0.25) is 46.9 Å². The number of nitrogens with zero attached hydrogens (tertiary/aromatic N) is 2. The van der Waals surface area contributed by atoms with Gasteiger partial charge in [0, 0.05) is 30.6 Å². The average molecular weight is 1830 g/mol. The van der Waals surface area contributed by atoms with Crippen molar-refractivity contribution in [3.8, 4) is 6.07 Å². The number of hydrogen-bond donors (Lipinski definition) is 4. The molecule has 10 rings (SSSR count). The van der Waals surface area contributed by atoms with Gasteiger partial charge in [-0.05, 0) is 93.3 Å². The normalized spacial score (nSPS) is 25.9. The number of carboxylic acids is 3. The molecule has 21 unspecified atom stereocenters. The van der Waals surface area contributed by atoms with Crippen LogP contribution in [0.5, 0.6) is 0 Å². The number of nitriles is 1. The molecule has 41 heteroatoms. The minimum Gasteiger partial charge on any atom is -0.481 e. The monoisotopic (exact) mass is 1830 g/mol. The van der Waals surface area contributed by atoms with E-state index in [4.69, 9.17) is 69.8 Å². The quantitative estimate of drug-likeness (QED) is 0.0239. The first-order valence-electron chi connectivity index (χ1n) is 42.5. The molecule has 10 fully saturated rings. The van der Waals surface area contributed by atoms with E-state index in [0.717, 1.165) is 36.9 Å². The lowest BCUT2D eigenvalue weighted by atomic mass is 9.55. The third-order valence-electron chi connectivity index (χ3n) is 24.7. The van der Waals surface area contributed by atoms with Crippen molar-refractivity contribution in [2.75, 3.05) is 66.7 Å². The second-order valence-electron chi connectivity index (χ2n) is 34.5. The molecule has 0 aromatic carbocycles. The highest BCUT2D eigenvalue weighted by Gasteiger charge is 2.52. The lowest BCUT2D eigenvalue weighted by molar-refractivity contribution is -0.178. The predicted octanol–water partition coefficient (Wildman–Crippen LogP) is 6.58. The maximum Gasteiger partial charge on any atom is 0.348 e. The minimum atomic E-state index is -3.68. The highest BCUT2D eigenvalue weighted by Crippen LogP contribution is 2.55. The number of cyclic esters (lactones) is 4. The Hall–Kier alpha value is -10.6. The summed E-state index contributed by atoms with van der Waals surface area (Å²) in [5.74, 6) is -17.1. The fraction of sp³-hybridized carbons (Fsp3) is 0.767. The number of carbonyl (C=O) groups is 18. The summed E-state index contributed by atoms with van der Waals surface area (Å²) in [6.07, 6.45) is 9.21. The van der Waals surface area contributed by atoms with Gasteiger partial charge in [-0.1, -0.05) is 111 Å². The van der Waals surface area contributed by atoms with Crippen LogP contribution in [0.2, 0.25) is 0 Å². The molecule has 4 heterocycles. The molecule has 6 aliphatic carbocycles. The van der Waals surface area contributed by atoms with Crippen LogP contribution < -0.4 is 4.72 Å². The highest BCUT2D eigenvalue weighted by molar-refractivity contribution is 7.89. The molecule has 0 spiro atoms. The van der Waals surface area contributed by atoms with Crippen molar-refractivity contribution in [2.45, 2.75) is 231 Å². The standard InChI is InChI=1S/C16H24O4.C13H17NO6.C13H20O4.C12H18O6.C11H17NO7S.C11H16O6.C10H15NO4/c1-8(15(17)18)9(2)16(19)20-14-12-4-10-3-11(6-12)7-13(14)5-10;1-8(11(15)19-7-5-14-3)9(2)12(16)20-10-4-6-18-13(10)17;1-7(12(14)15)8(2)13(16)17-11-6-9-3-4-10(11)5-9;1-6(9(13)14)7(2)10(15)18-8-11(16)17-5-12(8,3)4;1-6(9(13)12-20(3,16)17)7(2)10(14)19-8-4-5-18-11(8)15;1-6(9(12)15-3)7(2)10(13)17-8-4-5-16-11(8)14;1-7(9(12)14-3)8(2)10(13)15-6-4-5-11/h8-14H,3-7H2,1-2H3,(H,17,18);8-10H,4-7H2,1-2H3;7-11H,3-6H2,1-2H3,(H,14,15);6-8H,5H2,1-4H3,(H,13,14);6-8H,4-5H2,1-3H3,(H,12,13);6-8H,4-5H2,1-3H3;7-8H,4,6H2,1-3H3. The Balaban J connectivity index is 0.000000383. The Kier molecular flexibility index (Phi) is 45.3. The number of ether oxygens (including phenoxy) is 14. The molecule has 21 atom stereocenters. The molecular formula is C86H127N3O37S. The molecule has 0 aromatic rings. The number of hydrogen-bond acceptors (Lipinski definition) is 35. The van der Waals surface area contributed by atoms with Gasteiger partial charge in [0.15, 0.2) is 6.61 Å². The Morgan fingerprint density at radius 3 is 1.09 bits per heavy atom. The van der Waals surface area contributed by atoms with Gasteiger partial charge in [-0.15, -0.1) is 0 Å². The van der Waals surface area contributed by atoms with E-state index in [1.54, 1.807) is 80.9 Å². The summed E-state index contributed by atoms with van der Waals surface area (Å²) in [6.45, 7) is 32.6. The summed E-state index contributed by atoms with van der Waals surface area (Å²) < 4.78 is 92.5. The van der Waals surface area contributed by atoms with Crippen LogP contribution in [0, 0.1) is 142 Å². The van der Waals surface area contributed by atoms with Crippen LogP contribution in [-0.2, 0) is 163 Å². The molecule has 1 amide bonds. The van der Waals surface area contributed by atoms with Crippen molar-refractivity contribution >= 4 is 117 Å². The van der Waals surface area contributed by atoms with Crippen LogP contribution in [0.1, 0.15) is 194 Å². The number of methoxy groups -OCH3 is 2. The minimum absolute atomic E-state index is 0.00336. The predicted molar refractivity (Wildman–Crippen MR) is 435 cm³/mol. The maximum atomic E-state index is 12.2. The van der Waals surface area contributed by atoms with Crippen molar-refractivity contribution in [1.29, 1.82) is 5.26 Å². The number of carboxylic acid groups (broad SMARTS) is 3. The summed E-state index contributed by atoms with van der Waals surface area (Å²) in [5, 5.41) is 34.9. The highest BCUT2D eigenvalue weighted by atomic mass is 32.2. The number of amides is 1. The van der Waals surface area contributed by atoms with Gasteiger partial charge in [-0.25, -0.2) is 34.2 Å². The van der Waals surface area contributed by atoms with Crippen LogP contribution in [0.25, 0.3) is 4.85 Å². The molecular weight excluding hydrogens is 1700 g/mol. The smallest absolute Gasteiger partial charge is 0.348 e. The zero-order valence-corrected chi connectivity index (χ0v) is 76.5. The van der Waals surface area contributed by atoms with Crippen LogP contribution in [-0.4, -0.2) is 234 Å². The van der Waals surface area contributed by atoms with Crippen molar-refractivity contribution in [1.82, 2.24) is 4.72 Å². The topological polar surface area (TPSA) is 571 Å². The van der Waals surface area contributed by atoms with Gasteiger partial charge >= 0.3 is 101 Å². The number of nitrogens with one attached hydrogen (secondary N) is 1. The Morgan fingerprint density at radius 2 is 0.772 bits per heavy atom. The van der Waals surface area contributed by atoms with E-state index < -0.39 is 218 Å². The molecule has 4 aliphatic heterocycles. The van der Waals surface area contributed by atoms with Crippen LogP contribution in [0.3, 0.4) is 0 Å². The Morgan fingerprint density at radius 1 is 0.433 bits per heavy atom. The van der Waals surface area contributed by atoms with E-state index in [1.165, 1.54) is 93.8 Å². The molecule has 714 valence electrons. The summed E-state index contributed by atoms with van der Waals surface area (Å²) >= 11 is 0. The molecule has 127 heavy (non-hydrogen) atoms. The fourth-order valence-electron chi connectivity index (χ4n) is 14.8. The van der Waals surface area contributed by atoms with Gasteiger partial charge in [0.25, 0.3) is 0 Å². The number of sulfonamides is 1. The fourth-order valence-corrected chi connectivity index (χ4v) is 15.3. The summed E-state index contributed by atoms with van der Waals surface area (Å²) in [7, 11) is -1.16. The molecule has 6 bridgehead atoms. The number of aliphatic carboxylic acids is 3. The average Bonchev–Trinajstić information content (AvgIpc) is 1.59. The Labute approximate surface area is 739 Å². The van der Waals surface area contributed by atoms with E-state index >= 15 is 0 Å². The first kappa shape index (κ1) is 111. The first-order chi connectivity index (χ1) is 59.2. The van der Waals surface area contributed by atoms with Gasteiger partial charge < -0.3 is 86.5 Å². The van der Waals surface area contributed by atoms with Crippen molar-refractivity contribution in [2.24, 2.45) is 124 Å². The first-order valence-corrected chi connectivity index (χ1v) is 44.4. The van der Waals surface area contributed by atoms with Crippen LogP contribution in [0.4, 0.5) is 0 Å². The number of fused-ring (bicyclic) bond motifs is 2. The van der Waals surface area contributed by atoms with Crippen molar-refractivity contribution in [3.05, 3.63) is 11.4 Å². The van der Waals surface area contributed by atoms with Gasteiger partial charge in [-0.3, -0.25) is 71.8 Å². The Bertz CT molecular complexity index is 4040. The van der Waals surface area contributed by atoms with Crippen molar-refractivity contribution < 1.29 is 176 Å². The molecule has 40 nitrogen and oxygen atoms in total. The molecule has 0 aromatic heterocycles. The van der Waals surface area contributed by atoms with Crippen LogP contribution in [0.15, 0.2) is 0 Å². The number of carbonyl (C=O) groups excluding carboxylic acids is 15. The van der Waals surface area contributed by atoms with E-state index in [1.807, 2.05) is 6.07 Å². The SMILES string of the molecule is CC(C(=O)NS(C)(=O)=O)C(C)C(=O)OC1CCOC1=O.CC(C(=O)O)C(C)C(=O)OC1C(=O)OCC1(C)C.CC(C(=O)O)C(C)C(=O)OC1C2CC3CC(C2)CC1C3.CC(C(=O)O)C(C)C(=O)OC1CC2CCC1C2.COC(=O)C(C)C(C)C(=O)OC1CCOC1=O.COC(=O)C(C)C(C)C(=O)OCCC#N.[C-]#[N+]CCOC(=O)C(C)C(C)C(=O)OC1CCOC1=O. The zero-order chi connectivity index (χ0) is 96.6. The largest absolute Gasteiger partial charge is 0.481 e. The van der Waals surface area contributed by atoms with E-state index in [9.17, 15) is 94.7 Å². The van der Waals surface area contributed by atoms with Gasteiger partial charge in [0.05, 0.1) is 130 Å². The molecule has 6 saturated carbocycles. The zero-order valence-electron chi connectivity index (χ0n) is 75.7. The van der Waals surface area contributed by atoms with E-state index in [-0.39, 0.29) is 83.2 Å². The molecule has 4 saturated heterocycles.